The van der Waals surface area contributed by atoms with Crippen molar-refractivity contribution in [2.45, 2.75) is 38.7 Å². The number of amides is 1. The summed E-state index contributed by atoms with van der Waals surface area (Å²) < 4.78 is 6.11. The molecule has 0 N–H and O–H groups in total. The fraction of sp³-hybridized carbons (Fsp3) is 0.474. The molecule has 0 radical (unpaired) electrons. The Morgan fingerprint density at radius 1 is 1.31 bits per heavy atom. The molecule has 138 valence electrons. The van der Waals surface area contributed by atoms with Crippen LogP contribution in [0.15, 0.2) is 29.4 Å². The molecule has 0 spiro atoms. The number of aromatic nitrogens is 2. The molecule has 0 bridgehead atoms. The minimum Gasteiger partial charge on any atom is -0.474 e. The highest BCUT2D eigenvalue weighted by Gasteiger charge is 2.28. The van der Waals surface area contributed by atoms with Crippen LogP contribution in [0.5, 0.6) is 5.88 Å². The van der Waals surface area contributed by atoms with E-state index in [-0.39, 0.29) is 17.9 Å². The predicted octanol–water partition coefficient (Wildman–Crippen LogP) is 3.73. The third-order valence-electron chi connectivity index (χ3n) is 4.75. The van der Waals surface area contributed by atoms with Crippen LogP contribution in [0.25, 0.3) is 10.9 Å². The van der Waals surface area contributed by atoms with Crippen molar-refractivity contribution in [2.75, 3.05) is 14.1 Å². The van der Waals surface area contributed by atoms with Crippen molar-refractivity contribution in [3.05, 3.63) is 29.5 Å². The van der Waals surface area contributed by atoms with Crippen molar-refractivity contribution >= 4 is 34.2 Å². The van der Waals surface area contributed by atoms with Crippen LogP contribution in [0.2, 0.25) is 5.15 Å². The van der Waals surface area contributed by atoms with Crippen LogP contribution >= 0.6 is 11.6 Å². The fourth-order valence-corrected chi connectivity index (χ4v) is 3.22. The van der Waals surface area contributed by atoms with E-state index in [1.165, 1.54) is 0 Å². The summed E-state index contributed by atoms with van der Waals surface area (Å²) in [4.78, 5) is 27.0. The molecule has 0 aromatic carbocycles. The van der Waals surface area contributed by atoms with E-state index in [1.54, 1.807) is 12.3 Å². The van der Waals surface area contributed by atoms with Gasteiger partial charge in [0.15, 0.2) is 0 Å². The van der Waals surface area contributed by atoms with Gasteiger partial charge in [-0.25, -0.2) is 9.98 Å². The van der Waals surface area contributed by atoms with E-state index in [1.807, 2.05) is 38.1 Å². The van der Waals surface area contributed by atoms with Crippen LogP contribution in [0, 0.1) is 5.92 Å². The number of pyridine rings is 2. The molecular formula is C19H23ClN4O2. The molecule has 2 aromatic heterocycles. The maximum Gasteiger partial charge on any atom is 0.250 e. The van der Waals surface area contributed by atoms with Crippen molar-refractivity contribution in [1.29, 1.82) is 0 Å². The molecule has 6 nitrogen and oxygen atoms in total. The standard InChI is InChI=1S/C19H23ClN4O2/c1-12(24(2)3)22-18(25)13-6-8-14(9-7-13)26-19-15-5-4-10-21-16(15)11-17(20)23-19/h4-5,10-11,13-14H,6-9H2,1-3H3. The van der Waals surface area contributed by atoms with Crippen LogP contribution in [0.4, 0.5) is 0 Å². The Kier molecular flexibility index (Phi) is 5.71. The highest BCUT2D eigenvalue weighted by Crippen LogP contribution is 2.31. The maximum absolute atomic E-state index is 12.3. The lowest BCUT2D eigenvalue weighted by atomic mass is 9.87. The van der Waals surface area contributed by atoms with Crippen molar-refractivity contribution < 1.29 is 9.53 Å². The monoisotopic (exact) mass is 374 g/mol. The van der Waals surface area contributed by atoms with Crippen LogP contribution < -0.4 is 4.74 Å². The molecule has 3 rings (SSSR count). The number of nitrogens with zero attached hydrogens (tertiary/aromatic N) is 4. The van der Waals surface area contributed by atoms with Gasteiger partial charge in [0.2, 0.25) is 11.8 Å². The first-order chi connectivity index (χ1) is 12.4. The van der Waals surface area contributed by atoms with E-state index in [9.17, 15) is 4.79 Å². The molecule has 1 saturated carbocycles. The lowest BCUT2D eigenvalue weighted by Crippen LogP contribution is -2.29. The van der Waals surface area contributed by atoms with Crippen molar-refractivity contribution in [2.24, 2.45) is 10.9 Å². The molecule has 26 heavy (non-hydrogen) atoms. The second-order valence-corrected chi connectivity index (χ2v) is 7.19. The minimum absolute atomic E-state index is 0.0207. The second kappa shape index (κ2) is 7.99. The summed E-state index contributed by atoms with van der Waals surface area (Å²) in [5.41, 5.74) is 0.764. The summed E-state index contributed by atoms with van der Waals surface area (Å²) in [7, 11) is 3.77. The Labute approximate surface area is 158 Å². The van der Waals surface area contributed by atoms with E-state index in [4.69, 9.17) is 16.3 Å². The fourth-order valence-electron chi connectivity index (χ4n) is 3.04. The zero-order valence-electron chi connectivity index (χ0n) is 15.3. The highest BCUT2D eigenvalue weighted by molar-refractivity contribution is 6.30. The molecule has 2 heterocycles. The lowest BCUT2D eigenvalue weighted by molar-refractivity contribution is -0.123. The van der Waals surface area contributed by atoms with E-state index in [0.29, 0.717) is 11.0 Å². The van der Waals surface area contributed by atoms with Gasteiger partial charge in [-0.3, -0.25) is 9.78 Å². The van der Waals surface area contributed by atoms with Crippen LogP contribution in [-0.2, 0) is 4.79 Å². The molecule has 1 aliphatic carbocycles. The predicted molar refractivity (Wildman–Crippen MR) is 103 cm³/mol. The highest BCUT2D eigenvalue weighted by atomic mass is 35.5. The van der Waals surface area contributed by atoms with Crippen molar-refractivity contribution in [3.63, 3.8) is 0 Å². The molecule has 7 heteroatoms. The normalized spacial score (nSPS) is 20.8. The Bertz CT molecular complexity index is 829. The number of ether oxygens (including phenoxy) is 1. The van der Waals surface area contributed by atoms with Gasteiger partial charge < -0.3 is 9.64 Å². The average Bonchev–Trinajstić information content (AvgIpc) is 2.62. The Morgan fingerprint density at radius 3 is 2.73 bits per heavy atom. The number of hydrogen-bond acceptors (Lipinski definition) is 4. The summed E-state index contributed by atoms with van der Waals surface area (Å²) in [6.07, 6.45) is 4.86. The van der Waals surface area contributed by atoms with Crippen LogP contribution in [-0.4, -0.2) is 46.8 Å². The van der Waals surface area contributed by atoms with Crippen LogP contribution in [0.1, 0.15) is 32.6 Å². The number of fused-ring (bicyclic) bond motifs is 1. The molecule has 0 atom stereocenters. The maximum atomic E-state index is 12.3. The number of halogens is 1. The van der Waals surface area contributed by atoms with Gasteiger partial charge in [-0.15, -0.1) is 0 Å². The summed E-state index contributed by atoms with van der Waals surface area (Å²) in [6, 6.07) is 5.50. The average molecular weight is 375 g/mol. The molecule has 0 saturated heterocycles. The van der Waals surface area contributed by atoms with Gasteiger partial charge >= 0.3 is 0 Å². The molecule has 1 amide bonds. The van der Waals surface area contributed by atoms with Crippen molar-refractivity contribution in [1.82, 2.24) is 14.9 Å². The zero-order chi connectivity index (χ0) is 18.7. The summed E-state index contributed by atoms with van der Waals surface area (Å²) >= 11 is 6.09. The van der Waals surface area contributed by atoms with Gasteiger partial charge in [0.25, 0.3) is 0 Å². The molecule has 0 aliphatic heterocycles. The summed E-state index contributed by atoms with van der Waals surface area (Å²) in [6.45, 7) is 1.84. The number of rotatable bonds is 3. The number of hydrogen-bond donors (Lipinski definition) is 0. The van der Waals surface area contributed by atoms with Gasteiger partial charge in [-0.05, 0) is 44.7 Å². The first kappa shape index (κ1) is 18.6. The number of aliphatic imine (C=N–C) groups is 1. The lowest BCUT2D eigenvalue weighted by Gasteiger charge is -2.27. The molecule has 1 fully saturated rings. The summed E-state index contributed by atoms with van der Waals surface area (Å²) in [5.74, 6) is 1.17. The molecule has 0 unspecified atom stereocenters. The van der Waals surface area contributed by atoms with Gasteiger partial charge in [0.1, 0.15) is 17.1 Å². The molecule has 2 aromatic rings. The summed E-state index contributed by atoms with van der Waals surface area (Å²) in [5, 5.41) is 1.21. The Hall–Kier alpha value is -2.21. The van der Waals surface area contributed by atoms with Gasteiger partial charge in [-0.1, -0.05) is 11.6 Å². The van der Waals surface area contributed by atoms with Gasteiger partial charge in [0.05, 0.1) is 10.9 Å². The van der Waals surface area contributed by atoms with Gasteiger partial charge in [-0.2, -0.15) is 0 Å². The first-order valence-electron chi connectivity index (χ1n) is 8.78. The van der Waals surface area contributed by atoms with Gasteiger partial charge in [0, 0.05) is 32.3 Å². The number of carbonyl (C=O) groups excluding carboxylic acids is 1. The van der Waals surface area contributed by atoms with E-state index < -0.39 is 0 Å². The largest absolute Gasteiger partial charge is 0.474 e. The Balaban J connectivity index is 1.65. The van der Waals surface area contributed by atoms with E-state index in [2.05, 4.69) is 15.0 Å². The quantitative estimate of drug-likeness (QED) is 0.465. The number of carbonyl (C=O) groups is 1. The van der Waals surface area contributed by atoms with Crippen molar-refractivity contribution in [3.8, 4) is 5.88 Å². The SMILES string of the molecule is CC(=NC(=O)C1CCC(Oc2nc(Cl)cc3ncccc23)CC1)N(C)C. The topological polar surface area (TPSA) is 67.7 Å². The first-order valence-corrected chi connectivity index (χ1v) is 9.16. The Morgan fingerprint density at radius 2 is 2.04 bits per heavy atom. The van der Waals surface area contributed by atoms with Crippen LogP contribution in [0.3, 0.4) is 0 Å². The van der Waals surface area contributed by atoms with E-state index >= 15 is 0 Å². The molecule has 1 aliphatic rings. The third kappa shape index (κ3) is 4.30. The second-order valence-electron chi connectivity index (χ2n) is 6.80. The third-order valence-corrected chi connectivity index (χ3v) is 4.95. The zero-order valence-corrected chi connectivity index (χ0v) is 16.0. The smallest absolute Gasteiger partial charge is 0.250 e. The number of amidine groups is 1. The van der Waals surface area contributed by atoms with E-state index in [0.717, 1.165) is 42.4 Å². The molecular weight excluding hydrogens is 352 g/mol. The minimum atomic E-state index is -0.0369.